The van der Waals surface area contributed by atoms with E-state index in [9.17, 15) is 8.42 Å². The summed E-state index contributed by atoms with van der Waals surface area (Å²) >= 11 is 4.68. The molecule has 2 rings (SSSR count). The molecule has 0 aromatic carbocycles. The summed E-state index contributed by atoms with van der Waals surface area (Å²) in [5.41, 5.74) is 0. The van der Waals surface area contributed by atoms with Crippen LogP contribution in [0.15, 0.2) is 39.1 Å². The van der Waals surface area contributed by atoms with Crippen molar-refractivity contribution in [2.75, 3.05) is 11.8 Å². The highest BCUT2D eigenvalue weighted by molar-refractivity contribution is 9.11. The topological polar surface area (TPSA) is 71.1 Å². The molecule has 0 aliphatic rings. The van der Waals surface area contributed by atoms with Gasteiger partial charge in [-0.15, -0.1) is 11.3 Å². The number of hydrogen-bond acceptors (Lipinski definition) is 5. The molecule has 0 fully saturated rings. The molecule has 0 saturated carbocycles. The van der Waals surface area contributed by atoms with Gasteiger partial charge < -0.3 is 5.32 Å². The van der Waals surface area contributed by atoms with Crippen molar-refractivity contribution in [1.82, 2.24) is 10.3 Å². The predicted octanol–water partition coefficient (Wildman–Crippen LogP) is 2.43. The van der Waals surface area contributed by atoms with Gasteiger partial charge in [0.05, 0.1) is 3.79 Å². The molecule has 2 aromatic heterocycles. The third-order valence-corrected chi connectivity index (χ3v) is 5.86. The first-order valence-corrected chi connectivity index (χ1v) is 8.49. The van der Waals surface area contributed by atoms with Crippen molar-refractivity contribution < 1.29 is 8.42 Å². The van der Waals surface area contributed by atoms with E-state index in [-0.39, 0.29) is 4.90 Å². The first-order chi connectivity index (χ1) is 9.03. The molecule has 0 bridgehead atoms. The average Bonchev–Trinajstić information content (AvgIpc) is 2.72. The van der Waals surface area contributed by atoms with Crippen LogP contribution in [-0.2, 0) is 16.6 Å². The van der Waals surface area contributed by atoms with Gasteiger partial charge in [-0.3, -0.25) is 4.72 Å². The van der Waals surface area contributed by atoms with E-state index in [1.54, 1.807) is 24.3 Å². The zero-order chi connectivity index (χ0) is 13.9. The second kappa shape index (κ2) is 6.00. The Morgan fingerprint density at radius 1 is 1.42 bits per heavy atom. The number of aromatic nitrogens is 1. The monoisotopic (exact) mass is 361 g/mol. The van der Waals surface area contributed by atoms with Crippen molar-refractivity contribution >= 4 is 43.1 Å². The normalized spacial score (nSPS) is 11.5. The number of halogens is 1. The maximum atomic E-state index is 12.2. The minimum Gasteiger partial charge on any atom is -0.315 e. The van der Waals surface area contributed by atoms with Crippen LogP contribution in [0.1, 0.15) is 4.88 Å². The van der Waals surface area contributed by atoms with Gasteiger partial charge in [-0.1, -0.05) is 6.07 Å². The molecular weight excluding hydrogens is 350 g/mol. The zero-order valence-electron chi connectivity index (χ0n) is 10.1. The van der Waals surface area contributed by atoms with Crippen LogP contribution in [0.2, 0.25) is 0 Å². The summed E-state index contributed by atoms with van der Waals surface area (Å²) in [5.74, 6) is 0.302. The smallest absolute Gasteiger partial charge is 0.265 e. The molecular formula is C11H12BrN3O2S2. The standard InChI is InChI=1S/C11H12BrN3O2S2/c1-13-7-8-6-9(11(12)18-8)19(16,17)15-10-4-2-3-5-14-10/h2-6,13H,7H2,1H3,(H,14,15). The van der Waals surface area contributed by atoms with Gasteiger partial charge in [0.1, 0.15) is 10.7 Å². The van der Waals surface area contributed by atoms with E-state index in [0.29, 0.717) is 16.1 Å². The first-order valence-electron chi connectivity index (χ1n) is 5.39. The summed E-state index contributed by atoms with van der Waals surface area (Å²) in [6.45, 7) is 0.627. The third kappa shape index (κ3) is 3.53. The lowest BCUT2D eigenvalue weighted by molar-refractivity contribution is 0.601. The molecule has 0 aliphatic heterocycles. The molecule has 5 nitrogen and oxygen atoms in total. The summed E-state index contributed by atoms with van der Waals surface area (Å²) < 4.78 is 27.5. The molecule has 2 N–H and O–H groups in total. The number of rotatable bonds is 5. The Morgan fingerprint density at radius 3 is 2.84 bits per heavy atom. The van der Waals surface area contributed by atoms with Crippen molar-refractivity contribution in [3.63, 3.8) is 0 Å². The Balaban J connectivity index is 2.29. The predicted molar refractivity (Wildman–Crippen MR) is 79.8 cm³/mol. The van der Waals surface area contributed by atoms with Crippen molar-refractivity contribution in [2.45, 2.75) is 11.4 Å². The Morgan fingerprint density at radius 2 is 2.21 bits per heavy atom. The second-order valence-electron chi connectivity index (χ2n) is 3.70. The number of pyridine rings is 1. The van der Waals surface area contributed by atoms with E-state index in [0.717, 1.165) is 4.88 Å². The van der Waals surface area contributed by atoms with Gasteiger partial charge in [0.25, 0.3) is 10.0 Å². The maximum Gasteiger partial charge on any atom is 0.265 e. The zero-order valence-corrected chi connectivity index (χ0v) is 13.3. The Labute approximate surface area is 124 Å². The van der Waals surface area contributed by atoms with Crippen molar-refractivity contribution in [2.24, 2.45) is 0 Å². The molecule has 8 heteroatoms. The van der Waals surface area contributed by atoms with Gasteiger partial charge >= 0.3 is 0 Å². The number of nitrogens with zero attached hydrogens (tertiary/aromatic N) is 1. The van der Waals surface area contributed by atoms with Crippen LogP contribution in [0.3, 0.4) is 0 Å². The fraction of sp³-hybridized carbons (Fsp3) is 0.182. The number of thiophene rings is 1. The second-order valence-corrected chi connectivity index (χ2v) is 7.81. The lowest BCUT2D eigenvalue weighted by Crippen LogP contribution is -2.13. The van der Waals surface area contributed by atoms with Crippen LogP contribution in [0, 0.1) is 0 Å². The van der Waals surface area contributed by atoms with Crippen LogP contribution in [-0.4, -0.2) is 20.4 Å². The quantitative estimate of drug-likeness (QED) is 0.857. The van der Waals surface area contributed by atoms with Crippen molar-refractivity contribution in [3.05, 3.63) is 39.1 Å². The van der Waals surface area contributed by atoms with E-state index >= 15 is 0 Å². The van der Waals surface area contributed by atoms with Crippen LogP contribution >= 0.6 is 27.3 Å². The lowest BCUT2D eigenvalue weighted by atomic mass is 10.5. The molecule has 0 unspecified atom stereocenters. The largest absolute Gasteiger partial charge is 0.315 e. The van der Waals surface area contributed by atoms with Gasteiger partial charge in [0.2, 0.25) is 0 Å². The maximum absolute atomic E-state index is 12.2. The van der Waals surface area contributed by atoms with E-state index in [4.69, 9.17) is 0 Å². The van der Waals surface area contributed by atoms with Crippen LogP contribution in [0.5, 0.6) is 0 Å². The van der Waals surface area contributed by atoms with E-state index in [2.05, 4.69) is 31.0 Å². The SMILES string of the molecule is CNCc1cc(S(=O)(=O)Nc2ccccn2)c(Br)s1. The first kappa shape index (κ1) is 14.4. The number of nitrogens with one attached hydrogen (secondary N) is 2. The molecule has 19 heavy (non-hydrogen) atoms. The van der Waals surface area contributed by atoms with Crippen molar-refractivity contribution in [1.29, 1.82) is 0 Å². The van der Waals surface area contributed by atoms with Gasteiger partial charge in [-0.25, -0.2) is 13.4 Å². The van der Waals surface area contributed by atoms with Crippen molar-refractivity contribution in [3.8, 4) is 0 Å². The third-order valence-electron chi connectivity index (χ3n) is 2.25. The summed E-state index contributed by atoms with van der Waals surface area (Å²) in [5, 5.41) is 2.99. The Bertz CT molecular complexity index is 656. The van der Waals surface area contributed by atoms with E-state index < -0.39 is 10.0 Å². The number of hydrogen-bond donors (Lipinski definition) is 2. The molecule has 2 aromatic rings. The molecule has 0 amide bonds. The molecule has 0 aliphatic carbocycles. The summed E-state index contributed by atoms with van der Waals surface area (Å²) in [6, 6.07) is 6.70. The molecule has 0 spiro atoms. The van der Waals surface area contributed by atoms with Crippen LogP contribution in [0.25, 0.3) is 0 Å². The summed E-state index contributed by atoms with van der Waals surface area (Å²) in [6.07, 6.45) is 1.53. The molecule has 102 valence electrons. The minimum absolute atomic E-state index is 0.230. The average molecular weight is 362 g/mol. The van der Waals surface area contributed by atoms with Crippen LogP contribution < -0.4 is 10.0 Å². The van der Waals surface area contributed by atoms with Gasteiger partial charge in [0.15, 0.2) is 0 Å². The summed E-state index contributed by atoms with van der Waals surface area (Å²) in [7, 11) is -1.80. The van der Waals surface area contributed by atoms with Gasteiger partial charge in [-0.05, 0) is 41.2 Å². The molecule has 0 radical (unpaired) electrons. The highest BCUT2D eigenvalue weighted by Gasteiger charge is 2.21. The summed E-state index contributed by atoms with van der Waals surface area (Å²) in [4.78, 5) is 5.12. The fourth-order valence-electron chi connectivity index (χ4n) is 1.46. The Hall–Kier alpha value is -0.960. The fourth-order valence-corrected chi connectivity index (χ4v) is 5.16. The van der Waals surface area contributed by atoms with Crippen LogP contribution in [0.4, 0.5) is 5.82 Å². The Kier molecular flexibility index (Phi) is 4.56. The highest BCUT2D eigenvalue weighted by atomic mass is 79.9. The number of sulfonamides is 1. The molecule has 0 atom stereocenters. The lowest BCUT2D eigenvalue weighted by Gasteiger charge is -2.05. The van der Waals surface area contributed by atoms with Gasteiger partial charge in [-0.2, -0.15) is 0 Å². The highest BCUT2D eigenvalue weighted by Crippen LogP contribution is 2.32. The number of anilines is 1. The van der Waals surface area contributed by atoms with Gasteiger partial charge in [0, 0.05) is 17.6 Å². The molecule has 0 saturated heterocycles. The van der Waals surface area contributed by atoms with E-state index in [1.807, 2.05) is 7.05 Å². The molecule has 2 heterocycles. The van der Waals surface area contributed by atoms with E-state index in [1.165, 1.54) is 17.5 Å². The minimum atomic E-state index is -3.62.